The highest BCUT2D eigenvalue weighted by Crippen LogP contribution is 2.09. The number of methoxy groups -OCH3 is 3. The number of ether oxygens (including phenoxy) is 3. The quantitative estimate of drug-likeness (QED) is 0.142. The molecule has 446 valence electrons. The van der Waals surface area contributed by atoms with Gasteiger partial charge in [0.2, 0.25) is 14.6 Å². The van der Waals surface area contributed by atoms with Crippen LogP contribution in [0.2, 0.25) is 0 Å². The fourth-order valence-electron chi connectivity index (χ4n) is 1.21. The molecule has 16 nitrogen and oxygen atoms in total. The molecule has 0 saturated carbocycles. The summed E-state index contributed by atoms with van der Waals surface area (Å²) in [4.78, 5) is 94.2. The number of amides is 2. The molecule has 0 aliphatic rings. The van der Waals surface area contributed by atoms with Gasteiger partial charge < -0.3 is 34.6 Å². The van der Waals surface area contributed by atoms with E-state index in [1.807, 2.05) is 70.5 Å². The Kier molecular flexibility index (Phi) is 124. The molecule has 35 heteroatoms. The third-order valence-corrected chi connectivity index (χ3v) is 17.8. The van der Waals surface area contributed by atoms with E-state index in [9.17, 15) is 43.2 Å². The Morgan fingerprint density at radius 2 is 0.827 bits per heavy atom. The SMILES string of the molecule is CNC(=O)SC.CNC(=S)SC.COC(=O)C(=O)SC.COC(=O)SC.COC(=S)SC.CSC(=O)C(C)=O.CSC(=O)N(C)C.CSC(=O)SC.CSC(=S)N(C)C.CSC(=S)SC.CSC(C)=O.CSC(C)=S. The number of hydrogen-bond acceptors (Lipinski definition) is 31. The number of ketones is 1. The lowest BCUT2D eigenvalue weighted by Gasteiger charge is -2.08. The minimum atomic E-state index is -0.794. The Morgan fingerprint density at radius 1 is 0.427 bits per heavy atom. The summed E-state index contributed by atoms with van der Waals surface area (Å²) in [5.74, 6) is -1.18. The van der Waals surface area contributed by atoms with Crippen LogP contribution >= 0.6 is 226 Å². The van der Waals surface area contributed by atoms with Crippen LogP contribution in [0.15, 0.2) is 0 Å². The van der Waals surface area contributed by atoms with E-state index in [0.717, 1.165) is 51.7 Å². The summed E-state index contributed by atoms with van der Waals surface area (Å²) in [6, 6.07) is 0. The molecule has 0 fully saturated rings. The molecule has 0 aliphatic carbocycles. The highest BCUT2D eigenvalue weighted by molar-refractivity contribution is 8.46. The molecule has 0 aromatic carbocycles. The summed E-state index contributed by atoms with van der Waals surface area (Å²) in [7, 11) is 14.9. The van der Waals surface area contributed by atoms with Crippen LogP contribution in [-0.2, 0) is 38.2 Å². The minimum absolute atomic E-state index is 0.00926. The van der Waals surface area contributed by atoms with E-state index in [1.54, 1.807) is 143 Å². The van der Waals surface area contributed by atoms with Crippen molar-refractivity contribution < 1.29 is 57.4 Å². The van der Waals surface area contributed by atoms with Crippen LogP contribution in [0.1, 0.15) is 20.8 Å². The topological polar surface area (TPSA) is 212 Å². The molecule has 0 heterocycles. The number of nitrogens with one attached hydrogen (secondary N) is 2. The maximum absolute atomic E-state index is 10.4. The number of thioether (sulfide) groups is 14. The fraction of sp³-hybridized carbons (Fsp3) is 0.650. The average molecular weight is 1420 g/mol. The molecule has 0 atom stereocenters. The molecule has 0 bridgehead atoms. The Balaban J connectivity index is -0.0000000578. The van der Waals surface area contributed by atoms with Crippen molar-refractivity contribution in [2.24, 2.45) is 0 Å². The summed E-state index contributed by atoms with van der Waals surface area (Å²) in [5.41, 5.74) is 0. The monoisotopic (exact) mass is 1420 g/mol. The number of carbonyl (C=O) groups is 9. The predicted octanol–water partition coefficient (Wildman–Crippen LogP) is 13.1. The van der Waals surface area contributed by atoms with E-state index in [4.69, 9.17) is 36.7 Å². The normalized spacial score (nSPS) is 8.03. The molecule has 2 N–H and O–H groups in total. The van der Waals surface area contributed by atoms with Gasteiger partial charge in [0.15, 0.2) is 5.12 Å². The molecule has 0 aromatic heterocycles. The van der Waals surface area contributed by atoms with Gasteiger partial charge in [0, 0.05) is 60.3 Å². The second-order valence-corrected chi connectivity index (χ2v) is 25.9. The van der Waals surface area contributed by atoms with Crippen molar-refractivity contribution >= 4 is 294 Å². The fourth-order valence-corrected chi connectivity index (χ4v) is 4.56. The van der Waals surface area contributed by atoms with Gasteiger partial charge in [0.05, 0.1) is 21.3 Å². The van der Waals surface area contributed by atoms with Gasteiger partial charge in [-0.3, -0.25) is 33.6 Å². The standard InChI is InChI=1S/C4H9NOS.C4H9NS2.C4H6O3S.C4H6O2S.C3H7NOS.C3H7NS2.C3H6O2S.2C3H6OS2.C3H6OS.C3H6S3.C3H6S2/c2*1-5(2)4(6)7-3;1-7-3(5)4(6)8-2;1-3(5)4(6)7-2;2*1-4-3(5)6-2;2*1-5-3(4)6-2;1-4-3(5)6-2;1-3(4)5-2;1-5-3(4)6-2;1-3(4)5-2/h2*1-3H3;1-2H3;1-2H3;2*1-2H3,(H,4,5);3*1-2H3;1-2H3;1-2H3;1-2H3. The lowest BCUT2D eigenvalue weighted by Crippen LogP contribution is -2.15. The number of esters is 1. The summed E-state index contributed by atoms with van der Waals surface area (Å²) in [5, 5.41) is 4.35. The van der Waals surface area contributed by atoms with E-state index in [0.29, 0.717) is 4.38 Å². The molecular weight excluding hydrogens is 1340 g/mol. The van der Waals surface area contributed by atoms with Gasteiger partial charge >= 0.3 is 11.3 Å². The molecule has 0 saturated heterocycles. The Bertz CT molecular complexity index is 1330. The third-order valence-electron chi connectivity index (χ3n) is 4.78. The van der Waals surface area contributed by atoms with Gasteiger partial charge in [-0.25, -0.2) is 9.59 Å². The van der Waals surface area contributed by atoms with Crippen molar-refractivity contribution in [3.63, 3.8) is 0 Å². The molecule has 0 radical (unpaired) electrons. The second kappa shape index (κ2) is 88.8. The van der Waals surface area contributed by atoms with Gasteiger partial charge in [-0.2, -0.15) is 0 Å². The van der Waals surface area contributed by atoms with Crippen molar-refractivity contribution in [3.8, 4) is 0 Å². The summed E-state index contributed by atoms with van der Waals surface area (Å²) >= 11 is 42.0. The zero-order chi connectivity index (χ0) is 62.7. The van der Waals surface area contributed by atoms with Crippen LogP contribution in [-0.4, -0.2) is 229 Å². The summed E-state index contributed by atoms with van der Waals surface area (Å²) < 4.78 is 17.5. The zero-order valence-corrected chi connectivity index (χ0v) is 63.1. The van der Waals surface area contributed by atoms with Crippen LogP contribution in [0.25, 0.3) is 0 Å². The molecule has 0 aromatic rings. The van der Waals surface area contributed by atoms with E-state index in [1.165, 1.54) is 98.0 Å². The summed E-state index contributed by atoms with van der Waals surface area (Å²) in [6.45, 7) is 4.73. The number of thiocarbonyl (C=S) groups is 5. The van der Waals surface area contributed by atoms with Gasteiger partial charge in [-0.05, 0) is 118 Å². The van der Waals surface area contributed by atoms with Gasteiger partial charge in [0.1, 0.15) is 12.2 Å². The average Bonchev–Trinajstić information content (AvgIpc) is 3.43. The van der Waals surface area contributed by atoms with E-state index in [-0.39, 0.29) is 36.2 Å². The van der Waals surface area contributed by atoms with E-state index >= 15 is 0 Å². The maximum Gasteiger partial charge on any atom is 0.385 e. The van der Waals surface area contributed by atoms with Crippen molar-refractivity contribution in [1.29, 1.82) is 0 Å². The molecule has 0 unspecified atom stereocenters. The lowest BCUT2D eigenvalue weighted by atomic mass is 10.5. The van der Waals surface area contributed by atoms with Gasteiger partial charge in [-0.1, -0.05) is 143 Å². The van der Waals surface area contributed by atoms with Crippen LogP contribution in [0.5, 0.6) is 0 Å². The first kappa shape index (κ1) is 104. The highest BCUT2D eigenvalue weighted by atomic mass is 32.2. The number of nitrogens with zero attached hydrogens (tertiary/aromatic N) is 2. The lowest BCUT2D eigenvalue weighted by molar-refractivity contribution is -0.147. The molecule has 0 spiro atoms. The van der Waals surface area contributed by atoms with Crippen LogP contribution in [0.4, 0.5) is 19.2 Å². The first-order valence-electron chi connectivity index (χ1n) is 19.0. The van der Waals surface area contributed by atoms with Crippen molar-refractivity contribution in [3.05, 3.63) is 0 Å². The summed E-state index contributed by atoms with van der Waals surface area (Å²) in [6.07, 6.45) is 25.4. The first-order chi connectivity index (χ1) is 34.6. The highest BCUT2D eigenvalue weighted by Gasteiger charge is 2.10. The Labute approximate surface area is 537 Å². The molecule has 2 amide bonds. The van der Waals surface area contributed by atoms with E-state index < -0.39 is 11.1 Å². The zero-order valence-electron chi connectivity index (χ0n) is 47.6. The third kappa shape index (κ3) is 132. The largest absolute Gasteiger partial charge is 0.482 e. The second-order valence-electron chi connectivity index (χ2n) is 10.3. The van der Waals surface area contributed by atoms with Crippen LogP contribution in [0, 0.1) is 0 Å². The van der Waals surface area contributed by atoms with Gasteiger partial charge in [0.25, 0.3) is 20.7 Å². The number of Topliss-reactive ketones (excluding diaryl/α,β-unsaturated/α-hetero) is 1. The molecule has 0 aliphatic heterocycles. The number of hydrogen-bond donors (Lipinski definition) is 2. The van der Waals surface area contributed by atoms with Gasteiger partial charge in [-0.15, -0.1) is 58.8 Å². The van der Waals surface area contributed by atoms with Crippen LogP contribution < -0.4 is 10.6 Å². The minimum Gasteiger partial charge on any atom is -0.482 e. The molecular formula is C40H80N4O12S19. The van der Waals surface area contributed by atoms with Crippen molar-refractivity contribution in [2.45, 2.75) is 20.8 Å². The number of carbonyl (C=O) groups excluding carboxylic acids is 9. The Hall–Kier alpha value is 0.980. The van der Waals surface area contributed by atoms with E-state index in [2.05, 4.69) is 49.3 Å². The smallest absolute Gasteiger partial charge is 0.385 e. The van der Waals surface area contributed by atoms with Crippen LogP contribution in [0.3, 0.4) is 0 Å². The van der Waals surface area contributed by atoms with Crippen molar-refractivity contribution in [1.82, 2.24) is 20.4 Å². The first-order valence-corrected chi connectivity index (χ1v) is 38.2. The Morgan fingerprint density at radius 3 is 0.840 bits per heavy atom. The predicted molar refractivity (Wildman–Crippen MR) is 382 cm³/mol. The molecule has 0 rings (SSSR count). The molecule has 75 heavy (non-hydrogen) atoms. The number of rotatable bonds is 1. The maximum atomic E-state index is 10.4. The van der Waals surface area contributed by atoms with Crippen molar-refractivity contribution in [2.75, 3.05) is 151 Å².